The number of hydrogen-bond acceptors (Lipinski definition) is 5. The van der Waals surface area contributed by atoms with Gasteiger partial charge in [-0.25, -0.2) is 24.8 Å². The highest BCUT2D eigenvalue weighted by Gasteiger charge is 2.29. The number of ether oxygens (including phenoxy) is 1. The lowest BCUT2D eigenvalue weighted by Crippen LogP contribution is -2.14. The number of carbonyl (C=O) groups excluding carboxylic acids is 1. The van der Waals surface area contributed by atoms with Crippen molar-refractivity contribution in [1.82, 2.24) is 9.97 Å². The predicted molar refractivity (Wildman–Crippen MR) is 88.8 cm³/mol. The molecule has 1 heterocycles. The Balaban J connectivity index is 2.45. The second-order valence-electron chi connectivity index (χ2n) is 5.96. The minimum Gasteiger partial charge on any atom is -0.461 e. The van der Waals surface area contributed by atoms with Crippen LogP contribution in [-0.4, -0.2) is 41.3 Å². The van der Waals surface area contributed by atoms with E-state index in [9.17, 15) is 4.79 Å². The molecular weight excluding hydrogens is 286 g/mol. The van der Waals surface area contributed by atoms with Crippen molar-refractivity contribution in [3.63, 3.8) is 0 Å². The molecule has 1 fully saturated rings. The second-order valence-corrected chi connectivity index (χ2v) is 10.1. The van der Waals surface area contributed by atoms with Gasteiger partial charge in [-0.1, -0.05) is 0 Å². The summed E-state index contributed by atoms with van der Waals surface area (Å²) in [4.78, 5) is 20.9. The van der Waals surface area contributed by atoms with E-state index in [1.165, 1.54) is 0 Å². The van der Waals surface area contributed by atoms with Crippen molar-refractivity contribution in [2.45, 2.75) is 25.7 Å². The van der Waals surface area contributed by atoms with Gasteiger partial charge in [0, 0.05) is 5.92 Å². The highest BCUT2D eigenvalue weighted by atomic mass is 32.3. The third kappa shape index (κ3) is 4.20. The first kappa shape index (κ1) is 15.8. The standard InChI is InChI=1S/C15H23N3O2S/c1-5-20-15(19)12-11(8-9-21(2,3)4)13(16)18-14(17-12)10-6-7-10/h8-10H,5-7H2,1-4H3,(H2,16,17,18)/b9-8+. The number of anilines is 1. The molecule has 0 amide bonds. The Kier molecular flexibility index (Phi) is 4.56. The summed E-state index contributed by atoms with van der Waals surface area (Å²) in [6, 6.07) is 0. The maximum Gasteiger partial charge on any atom is 0.357 e. The maximum absolute atomic E-state index is 12.1. The van der Waals surface area contributed by atoms with Crippen LogP contribution in [-0.2, 0) is 4.74 Å². The fraction of sp³-hybridized carbons (Fsp3) is 0.533. The summed E-state index contributed by atoms with van der Waals surface area (Å²) in [7, 11) is -0.852. The molecule has 1 aliphatic rings. The summed E-state index contributed by atoms with van der Waals surface area (Å²) in [5, 5.41) is 2.07. The molecule has 0 saturated heterocycles. The van der Waals surface area contributed by atoms with Crippen LogP contribution in [0.5, 0.6) is 0 Å². The highest BCUT2D eigenvalue weighted by molar-refractivity contribution is 8.34. The Morgan fingerprint density at radius 2 is 2.05 bits per heavy atom. The molecule has 1 aromatic heterocycles. The van der Waals surface area contributed by atoms with Crippen molar-refractivity contribution in [3.8, 4) is 0 Å². The number of rotatable bonds is 5. The maximum atomic E-state index is 12.1. The average Bonchev–Trinajstić information content (AvgIpc) is 3.19. The van der Waals surface area contributed by atoms with Gasteiger partial charge < -0.3 is 10.5 Å². The molecule has 2 rings (SSSR count). The van der Waals surface area contributed by atoms with E-state index in [2.05, 4.69) is 34.1 Å². The van der Waals surface area contributed by atoms with Gasteiger partial charge in [-0.15, -0.1) is 0 Å². The van der Waals surface area contributed by atoms with E-state index in [1.807, 2.05) is 6.08 Å². The zero-order chi connectivity index (χ0) is 15.6. The topological polar surface area (TPSA) is 78.1 Å². The Labute approximate surface area is 127 Å². The molecule has 116 valence electrons. The largest absolute Gasteiger partial charge is 0.461 e. The van der Waals surface area contributed by atoms with E-state index >= 15 is 0 Å². The lowest BCUT2D eigenvalue weighted by molar-refractivity contribution is 0.0518. The second kappa shape index (κ2) is 6.05. The van der Waals surface area contributed by atoms with Crippen LogP contribution in [0.25, 0.3) is 6.08 Å². The molecule has 0 aromatic carbocycles. The van der Waals surface area contributed by atoms with Crippen molar-refractivity contribution < 1.29 is 9.53 Å². The van der Waals surface area contributed by atoms with Gasteiger partial charge in [0.15, 0.2) is 5.69 Å². The lowest BCUT2D eigenvalue weighted by atomic mass is 10.2. The van der Waals surface area contributed by atoms with Gasteiger partial charge in [0.05, 0.1) is 12.2 Å². The molecule has 0 radical (unpaired) electrons. The van der Waals surface area contributed by atoms with E-state index < -0.39 is 16.0 Å². The van der Waals surface area contributed by atoms with Crippen molar-refractivity contribution in [3.05, 3.63) is 22.5 Å². The van der Waals surface area contributed by atoms with Crippen LogP contribution in [0, 0.1) is 0 Å². The monoisotopic (exact) mass is 309 g/mol. The van der Waals surface area contributed by atoms with Crippen LogP contribution in [0.4, 0.5) is 5.82 Å². The zero-order valence-electron chi connectivity index (χ0n) is 13.0. The number of nitrogens with two attached hydrogens (primary N) is 1. The molecule has 0 aliphatic heterocycles. The van der Waals surface area contributed by atoms with Gasteiger partial charge in [0.1, 0.15) is 11.6 Å². The van der Waals surface area contributed by atoms with Crippen LogP contribution < -0.4 is 5.73 Å². The normalized spacial score (nSPS) is 16.2. The summed E-state index contributed by atoms with van der Waals surface area (Å²) in [5.74, 6) is 0.925. The van der Waals surface area contributed by atoms with Crippen LogP contribution in [0.2, 0.25) is 0 Å². The first-order valence-electron chi connectivity index (χ1n) is 7.02. The van der Waals surface area contributed by atoms with Crippen molar-refractivity contribution in [2.75, 3.05) is 31.1 Å². The first-order chi connectivity index (χ1) is 9.81. The third-order valence-electron chi connectivity index (χ3n) is 3.05. The number of carbonyl (C=O) groups is 1. The average molecular weight is 309 g/mol. The van der Waals surface area contributed by atoms with Crippen molar-refractivity contribution in [1.29, 1.82) is 0 Å². The molecule has 0 spiro atoms. The fourth-order valence-electron chi connectivity index (χ4n) is 1.82. The van der Waals surface area contributed by atoms with Gasteiger partial charge in [-0.2, -0.15) is 0 Å². The van der Waals surface area contributed by atoms with E-state index in [1.54, 1.807) is 6.92 Å². The highest BCUT2D eigenvalue weighted by Crippen LogP contribution is 2.40. The lowest BCUT2D eigenvalue weighted by Gasteiger charge is -2.19. The van der Waals surface area contributed by atoms with Gasteiger partial charge in [-0.05, 0) is 50.0 Å². The van der Waals surface area contributed by atoms with E-state index in [0.29, 0.717) is 29.7 Å². The minimum absolute atomic E-state index is 0.283. The van der Waals surface area contributed by atoms with Gasteiger partial charge in [0.25, 0.3) is 0 Å². The van der Waals surface area contributed by atoms with E-state index in [-0.39, 0.29) is 5.69 Å². The number of aromatic nitrogens is 2. The quantitative estimate of drug-likeness (QED) is 0.846. The van der Waals surface area contributed by atoms with Crippen molar-refractivity contribution in [2.24, 2.45) is 0 Å². The summed E-state index contributed by atoms with van der Waals surface area (Å²) >= 11 is 0. The summed E-state index contributed by atoms with van der Waals surface area (Å²) < 4.78 is 5.10. The third-order valence-corrected chi connectivity index (χ3v) is 4.00. The Bertz CT molecular complexity index is 575. The molecular formula is C15H23N3O2S. The van der Waals surface area contributed by atoms with Gasteiger partial charge in [0.2, 0.25) is 0 Å². The Hall–Kier alpha value is -1.56. The molecule has 2 N–H and O–H groups in total. The molecule has 1 saturated carbocycles. The first-order valence-corrected chi connectivity index (χ1v) is 9.95. The predicted octanol–water partition coefficient (Wildman–Crippen LogP) is 2.78. The molecule has 1 aliphatic carbocycles. The summed E-state index contributed by atoms with van der Waals surface area (Å²) in [6.07, 6.45) is 10.4. The number of nitrogens with zero attached hydrogens (tertiary/aromatic N) is 2. The van der Waals surface area contributed by atoms with Gasteiger partial charge >= 0.3 is 5.97 Å². The van der Waals surface area contributed by atoms with Crippen LogP contribution in [0.15, 0.2) is 5.41 Å². The Morgan fingerprint density at radius 3 is 2.57 bits per heavy atom. The molecule has 0 atom stereocenters. The summed E-state index contributed by atoms with van der Waals surface area (Å²) in [6.45, 7) is 2.09. The minimum atomic E-state index is -0.852. The van der Waals surface area contributed by atoms with E-state index in [4.69, 9.17) is 10.5 Å². The zero-order valence-corrected chi connectivity index (χ0v) is 13.9. The van der Waals surface area contributed by atoms with Gasteiger partial charge in [-0.3, -0.25) is 0 Å². The number of hydrogen-bond donors (Lipinski definition) is 1. The number of nitrogen functional groups attached to an aromatic ring is 1. The van der Waals surface area contributed by atoms with Crippen LogP contribution in [0.1, 0.15) is 47.6 Å². The fourth-order valence-corrected chi connectivity index (χ4v) is 2.36. The molecule has 0 unspecified atom stereocenters. The molecule has 0 bridgehead atoms. The smallest absolute Gasteiger partial charge is 0.357 e. The van der Waals surface area contributed by atoms with Crippen LogP contribution in [0.3, 0.4) is 0 Å². The molecule has 21 heavy (non-hydrogen) atoms. The number of esters is 1. The molecule has 5 nitrogen and oxygen atoms in total. The van der Waals surface area contributed by atoms with E-state index in [0.717, 1.165) is 12.8 Å². The molecule has 6 heteroatoms. The Morgan fingerprint density at radius 1 is 1.38 bits per heavy atom. The summed E-state index contributed by atoms with van der Waals surface area (Å²) in [5.41, 5.74) is 6.90. The SMILES string of the molecule is CCOC(=O)c1nc(C2CC2)nc(N)c1/C=C/S(C)(C)C. The van der Waals surface area contributed by atoms with Crippen LogP contribution >= 0.6 is 10.0 Å². The van der Waals surface area contributed by atoms with Crippen molar-refractivity contribution >= 4 is 27.9 Å². The molecule has 1 aromatic rings.